The average Bonchev–Trinajstić information content (AvgIpc) is 2.97. The van der Waals surface area contributed by atoms with Crippen LogP contribution in [0.25, 0.3) is 5.57 Å². The molecule has 1 aliphatic carbocycles. The highest BCUT2D eigenvalue weighted by atomic mass is 35.5. The minimum atomic E-state index is -0.710. The van der Waals surface area contributed by atoms with E-state index < -0.39 is 5.97 Å². The molecule has 0 saturated heterocycles. The number of aromatic nitrogens is 1. The predicted octanol–water partition coefficient (Wildman–Crippen LogP) is 6.88. The Balaban J connectivity index is 1.91. The Kier molecular flexibility index (Phi) is 5.85. The zero-order chi connectivity index (χ0) is 20.7. The molecule has 0 radical (unpaired) electrons. The third-order valence-electron chi connectivity index (χ3n) is 6.03. The van der Waals surface area contributed by atoms with Crippen molar-refractivity contribution in [3.8, 4) is 0 Å². The van der Waals surface area contributed by atoms with E-state index in [0.29, 0.717) is 11.8 Å². The van der Waals surface area contributed by atoms with Gasteiger partial charge in [-0.3, -0.25) is 4.79 Å². The monoisotopic (exact) mass is 429 g/mol. The summed E-state index contributed by atoms with van der Waals surface area (Å²) in [6.07, 6.45) is 5.65. The van der Waals surface area contributed by atoms with E-state index in [0.717, 1.165) is 35.7 Å². The van der Waals surface area contributed by atoms with Crippen LogP contribution in [0, 0.1) is 11.8 Å². The van der Waals surface area contributed by atoms with Crippen molar-refractivity contribution in [3.05, 3.63) is 52.3 Å². The number of carboxylic acid groups (broad SMARTS) is 1. The standard InChI is InChI=1S/C24H28ClNO2S/c1-14(2)19-11-15(3)12-20-22(19)24(29-18-8-6-17(25)7-9-18)23-16(13-21(27)28)5-4-10-26(20)23/h6-9,11,14-16H,4-5,10,12-13H2,1-3H3,(H,27,28)/t15?,16-/m1/s1. The summed E-state index contributed by atoms with van der Waals surface area (Å²) in [5, 5.41) is 10.3. The second kappa shape index (κ2) is 8.23. The molecule has 3 nitrogen and oxygen atoms in total. The largest absolute Gasteiger partial charge is 0.481 e. The number of carbonyl (C=O) groups is 1. The fourth-order valence-corrected chi connectivity index (χ4v) is 6.19. The number of rotatable bonds is 5. The highest BCUT2D eigenvalue weighted by molar-refractivity contribution is 7.99. The number of hydrogen-bond donors (Lipinski definition) is 1. The van der Waals surface area contributed by atoms with Gasteiger partial charge in [-0.05, 0) is 60.9 Å². The minimum absolute atomic E-state index is 0.0744. The van der Waals surface area contributed by atoms with Crippen LogP contribution in [0.2, 0.25) is 5.02 Å². The number of allylic oxidation sites excluding steroid dienone is 2. The first-order chi connectivity index (χ1) is 13.8. The summed E-state index contributed by atoms with van der Waals surface area (Å²) in [6.45, 7) is 7.80. The van der Waals surface area contributed by atoms with E-state index in [1.165, 1.54) is 27.4 Å². The van der Waals surface area contributed by atoms with Crippen LogP contribution >= 0.6 is 23.4 Å². The van der Waals surface area contributed by atoms with Crippen LogP contribution in [0.1, 0.15) is 62.9 Å². The number of carboxylic acids is 1. The molecule has 1 unspecified atom stereocenters. The maximum absolute atomic E-state index is 11.6. The van der Waals surface area contributed by atoms with Crippen LogP contribution in [0.5, 0.6) is 0 Å². The molecule has 0 spiro atoms. The van der Waals surface area contributed by atoms with Gasteiger partial charge in [0.1, 0.15) is 0 Å². The third-order valence-corrected chi connectivity index (χ3v) is 7.41. The number of hydrogen-bond acceptors (Lipinski definition) is 2. The summed E-state index contributed by atoms with van der Waals surface area (Å²) in [6, 6.07) is 7.97. The van der Waals surface area contributed by atoms with Crippen LogP contribution in [-0.2, 0) is 17.8 Å². The quantitative estimate of drug-likeness (QED) is 0.563. The van der Waals surface area contributed by atoms with Crippen molar-refractivity contribution >= 4 is 34.9 Å². The Morgan fingerprint density at radius 3 is 2.69 bits per heavy atom. The molecular formula is C24H28ClNO2S. The van der Waals surface area contributed by atoms with E-state index >= 15 is 0 Å². The summed E-state index contributed by atoms with van der Waals surface area (Å²) >= 11 is 7.87. The smallest absolute Gasteiger partial charge is 0.304 e. The Labute approximate surface area is 182 Å². The molecule has 2 aliphatic rings. The Bertz CT molecular complexity index is 958. The Morgan fingerprint density at radius 2 is 2.03 bits per heavy atom. The molecule has 0 saturated carbocycles. The van der Waals surface area contributed by atoms with Gasteiger partial charge in [0.2, 0.25) is 0 Å². The van der Waals surface area contributed by atoms with Gasteiger partial charge in [0.25, 0.3) is 0 Å². The van der Waals surface area contributed by atoms with Gasteiger partial charge in [0, 0.05) is 44.2 Å². The molecular weight excluding hydrogens is 402 g/mol. The maximum atomic E-state index is 11.6. The fourth-order valence-electron chi connectivity index (χ4n) is 4.83. The molecule has 2 aromatic rings. The number of halogens is 1. The average molecular weight is 430 g/mol. The second-order valence-corrected chi connectivity index (χ2v) is 10.2. The third kappa shape index (κ3) is 4.02. The summed E-state index contributed by atoms with van der Waals surface area (Å²) in [7, 11) is 0. The lowest BCUT2D eigenvalue weighted by atomic mass is 9.84. The van der Waals surface area contributed by atoms with Crippen LogP contribution in [0.4, 0.5) is 0 Å². The van der Waals surface area contributed by atoms with Gasteiger partial charge in [-0.25, -0.2) is 0 Å². The van der Waals surface area contributed by atoms with Crippen molar-refractivity contribution in [3.63, 3.8) is 0 Å². The normalized spacial score (nSPS) is 20.9. The lowest BCUT2D eigenvalue weighted by Crippen LogP contribution is -2.21. The van der Waals surface area contributed by atoms with E-state index in [2.05, 4.69) is 43.5 Å². The highest BCUT2D eigenvalue weighted by Crippen LogP contribution is 2.50. The first-order valence-corrected chi connectivity index (χ1v) is 11.7. The predicted molar refractivity (Wildman–Crippen MR) is 120 cm³/mol. The van der Waals surface area contributed by atoms with Crippen molar-refractivity contribution in [1.29, 1.82) is 0 Å². The fraction of sp³-hybridized carbons (Fsp3) is 0.458. The molecule has 1 aromatic heterocycles. The molecule has 1 aromatic carbocycles. The second-order valence-electron chi connectivity index (χ2n) is 8.64. The maximum Gasteiger partial charge on any atom is 0.304 e. The van der Waals surface area contributed by atoms with E-state index in [-0.39, 0.29) is 12.3 Å². The molecule has 0 fully saturated rings. The SMILES string of the molecule is CC1C=C(C(C)C)c2c(Sc3ccc(Cl)cc3)c3n(c2C1)CCC[C@@H]3CC(=O)O. The van der Waals surface area contributed by atoms with Gasteiger partial charge >= 0.3 is 5.97 Å². The van der Waals surface area contributed by atoms with Crippen molar-refractivity contribution in [1.82, 2.24) is 4.57 Å². The number of benzene rings is 1. The van der Waals surface area contributed by atoms with E-state index in [1.54, 1.807) is 11.8 Å². The van der Waals surface area contributed by atoms with Crippen LogP contribution in [0.3, 0.4) is 0 Å². The van der Waals surface area contributed by atoms with E-state index in [4.69, 9.17) is 11.6 Å². The van der Waals surface area contributed by atoms with E-state index in [1.807, 2.05) is 12.1 Å². The molecule has 154 valence electrons. The molecule has 0 amide bonds. The van der Waals surface area contributed by atoms with Crippen molar-refractivity contribution in [2.45, 2.75) is 68.7 Å². The zero-order valence-corrected chi connectivity index (χ0v) is 18.8. The Hall–Kier alpha value is -1.65. The van der Waals surface area contributed by atoms with Crippen LogP contribution in [0.15, 0.2) is 40.1 Å². The molecule has 2 atom stereocenters. The van der Waals surface area contributed by atoms with Gasteiger partial charge in [0.05, 0.1) is 6.42 Å². The number of nitrogens with zero attached hydrogens (tertiary/aromatic N) is 1. The van der Waals surface area contributed by atoms with Crippen molar-refractivity contribution in [2.75, 3.05) is 0 Å². The molecule has 0 bridgehead atoms. The summed E-state index contributed by atoms with van der Waals surface area (Å²) < 4.78 is 2.47. The summed E-state index contributed by atoms with van der Waals surface area (Å²) in [4.78, 5) is 14.0. The molecule has 4 rings (SSSR count). The Morgan fingerprint density at radius 1 is 1.31 bits per heavy atom. The van der Waals surface area contributed by atoms with Crippen LogP contribution < -0.4 is 0 Å². The first-order valence-electron chi connectivity index (χ1n) is 10.5. The van der Waals surface area contributed by atoms with Gasteiger partial charge < -0.3 is 9.67 Å². The molecule has 1 aliphatic heterocycles. The summed E-state index contributed by atoms with van der Waals surface area (Å²) in [5.74, 6) is 0.305. The lowest BCUT2D eigenvalue weighted by Gasteiger charge is -2.27. The number of fused-ring (bicyclic) bond motifs is 3. The number of aliphatic carboxylic acids is 1. The van der Waals surface area contributed by atoms with Gasteiger partial charge in [0.15, 0.2) is 0 Å². The molecule has 5 heteroatoms. The zero-order valence-electron chi connectivity index (χ0n) is 17.2. The minimum Gasteiger partial charge on any atom is -0.481 e. The van der Waals surface area contributed by atoms with Crippen LogP contribution in [-0.4, -0.2) is 15.6 Å². The van der Waals surface area contributed by atoms with Crippen molar-refractivity contribution < 1.29 is 9.90 Å². The van der Waals surface area contributed by atoms with Gasteiger partial charge in [-0.15, -0.1) is 0 Å². The lowest BCUT2D eigenvalue weighted by molar-refractivity contribution is -0.137. The molecule has 29 heavy (non-hydrogen) atoms. The molecule has 1 N–H and O–H groups in total. The van der Waals surface area contributed by atoms with Gasteiger partial charge in [-0.1, -0.05) is 50.2 Å². The topological polar surface area (TPSA) is 42.2 Å². The van der Waals surface area contributed by atoms with E-state index in [9.17, 15) is 9.90 Å². The first kappa shape index (κ1) is 20.6. The summed E-state index contributed by atoms with van der Waals surface area (Å²) in [5.41, 5.74) is 5.42. The van der Waals surface area contributed by atoms with Crippen molar-refractivity contribution in [2.24, 2.45) is 11.8 Å². The van der Waals surface area contributed by atoms with Gasteiger partial charge in [-0.2, -0.15) is 0 Å². The molecule has 2 heterocycles. The highest BCUT2D eigenvalue weighted by Gasteiger charge is 2.35.